The molecular weight excluding hydrogens is 322 g/mol. The van der Waals surface area contributed by atoms with E-state index in [4.69, 9.17) is 5.26 Å². The van der Waals surface area contributed by atoms with Crippen molar-refractivity contribution in [2.24, 2.45) is 0 Å². The number of rotatable bonds is 6. The summed E-state index contributed by atoms with van der Waals surface area (Å²) in [6.45, 7) is 6.87. The Kier molecular flexibility index (Phi) is 6.19. The van der Waals surface area contributed by atoms with Crippen molar-refractivity contribution in [3.63, 3.8) is 0 Å². The summed E-state index contributed by atoms with van der Waals surface area (Å²) in [5.74, 6) is 0.836. The van der Waals surface area contributed by atoms with Gasteiger partial charge in [-0.2, -0.15) is 5.26 Å². The second-order valence-corrected chi connectivity index (χ2v) is 6.92. The summed E-state index contributed by atoms with van der Waals surface area (Å²) in [6, 6.07) is 14.7. The lowest BCUT2D eigenvalue weighted by Gasteiger charge is -2.37. The summed E-state index contributed by atoms with van der Waals surface area (Å²) in [7, 11) is 0. The van der Waals surface area contributed by atoms with Crippen molar-refractivity contribution in [2.75, 3.05) is 18.4 Å². The maximum atomic E-state index is 8.88. The fourth-order valence-corrected chi connectivity index (χ4v) is 3.70. The van der Waals surface area contributed by atoms with Crippen LogP contribution in [-0.2, 0) is 0 Å². The summed E-state index contributed by atoms with van der Waals surface area (Å²) in [6.07, 6.45) is 4.76. The SMILES string of the molecule is CCC(CC)N1CCC(Nc2ccc(-c3ccc(C#N)cc3)nn2)CC1. The number of aromatic nitrogens is 2. The molecule has 0 unspecified atom stereocenters. The number of hydrogen-bond acceptors (Lipinski definition) is 5. The van der Waals surface area contributed by atoms with Crippen LogP contribution in [-0.4, -0.2) is 40.3 Å². The van der Waals surface area contributed by atoms with Crippen LogP contribution in [0.15, 0.2) is 36.4 Å². The lowest BCUT2D eigenvalue weighted by Crippen LogP contribution is -2.44. The standard InChI is InChI=1S/C21H27N5/c1-3-19(4-2)26-13-11-18(12-14-26)23-21-10-9-20(24-25-21)17-7-5-16(15-22)6-8-17/h5-10,18-19H,3-4,11-14H2,1-2H3,(H,23,25). The van der Waals surface area contributed by atoms with Gasteiger partial charge in [0.1, 0.15) is 5.82 Å². The van der Waals surface area contributed by atoms with Crippen molar-refractivity contribution in [1.82, 2.24) is 15.1 Å². The molecule has 0 aliphatic carbocycles. The highest BCUT2D eigenvalue weighted by Gasteiger charge is 2.23. The van der Waals surface area contributed by atoms with Crippen molar-refractivity contribution < 1.29 is 0 Å². The van der Waals surface area contributed by atoms with Gasteiger partial charge >= 0.3 is 0 Å². The molecule has 2 aromatic rings. The zero-order chi connectivity index (χ0) is 18.4. The van der Waals surface area contributed by atoms with Gasteiger partial charge in [-0.15, -0.1) is 10.2 Å². The van der Waals surface area contributed by atoms with Crippen molar-refractivity contribution in [3.8, 4) is 17.3 Å². The molecule has 0 saturated carbocycles. The number of benzene rings is 1. The van der Waals surface area contributed by atoms with Crippen molar-refractivity contribution in [1.29, 1.82) is 5.26 Å². The summed E-state index contributed by atoms with van der Waals surface area (Å²) < 4.78 is 0. The molecule has 0 spiro atoms. The molecule has 136 valence electrons. The van der Waals surface area contributed by atoms with Gasteiger partial charge in [0.2, 0.25) is 0 Å². The molecule has 5 heteroatoms. The predicted octanol–water partition coefficient (Wildman–Crippen LogP) is 4.08. The summed E-state index contributed by atoms with van der Waals surface area (Å²) in [4.78, 5) is 2.62. The normalized spacial score (nSPS) is 15.8. The monoisotopic (exact) mass is 349 g/mol. The molecule has 1 aliphatic heterocycles. The smallest absolute Gasteiger partial charge is 0.148 e. The molecule has 1 aromatic heterocycles. The van der Waals surface area contributed by atoms with E-state index in [0.29, 0.717) is 11.6 Å². The van der Waals surface area contributed by atoms with Crippen molar-refractivity contribution in [3.05, 3.63) is 42.0 Å². The van der Waals surface area contributed by atoms with E-state index in [2.05, 4.69) is 40.3 Å². The second-order valence-electron chi connectivity index (χ2n) is 6.92. The first-order valence-corrected chi connectivity index (χ1v) is 9.58. The van der Waals surface area contributed by atoms with Gasteiger partial charge in [-0.25, -0.2) is 0 Å². The first-order chi connectivity index (χ1) is 12.7. The Bertz CT molecular complexity index is 720. The topological polar surface area (TPSA) is 64.8 Å². The molecule has 2 heterocycles. The Balaban J connectivity index is 1.56. The number of likely N-dealkylation sites (tertiary alicyclic amines) is 1. The Hall–Kier alpha value is -2.45. The Morgan fingerprint density at radius 2 is 1.77 bits per heavy atom. The first kappa shape index (κ1) is 18.3. The molecule has 0 bridgehead atoms. The van der Waals surface area contributed by atoms with Crippen LogP contribution in [0, 0.1) is 11.3 Å². The molecule has 1 N–H and O–H groups in total. The van der Waals surface area contributed by atoms with Gasteiger partial charge < -0.3 is 10.2 Å². The lowest BCUT2D eigenvalue weighted by atomic mass is 10.0. The average Bonchev–Trinajstić information content (AvgIpc) is 2.71. The fraction of sp³-hybridized carbons (Fsp3) is 0.476. The van der Waals surface area contributed by atoms with Crippen LogP contribution in [0.3, 0.4) is 0 Å². The van der Waals surface area contributed by atoms with Crippen LogP contribution >= 0.6 is 0 Å². The van der Waals surface area contributed by atoms with Crippen molar-refractivity contribution >= 4 is 5.82 Å². The third-order valence-electron chi connectivity index (χ3n) is 5.31. The minimum Gasteiger partial charge on any atom is -0.366 e. The Morgan fingerprint density at radius 3 is 2.31 bits per heavy atom. The summed E-state index contributed by atoms with van der Waals surface area (Å²) in [5, 5.41) is 21.1. The van der Waals surface area contributed by atoms with E-state index in [9.17, 15) is 0 Å². The van der Waals surface area contributed by atoms with Gasteiger partial charge in [-0.3, -0.25) is 0 Å². The van der Waals surface area contributed by atoms with Gasteiger partial charge in [0.25, 0.3) is 0 Å². The van der Waals surface area contributed by atoms with Crippen LogP contribution in [0.4, 0.5) is 5.82 Å². The molecule has 0 atom stereocenters. The van der Waals surface area contributed by atoms with E-state index in [1.165, 1.54) is 12.8 Å². The number of anilines is 1. The van der Waals surface area contributed by atoms with E-state index in [-0.39, 0.29) is 0 Å². The number of piperidine rings is 1. The first-order valence-electron chi connectivity index (χ1n) is 9.58. The number of nitrogens with zero attached hydrogens (tertiary/aromatic N) is 4. The van der Waals surface area contributed by atoms with Gasteiger partial charge in [0, 0.05) is 30.7 Å². The minimum atomic E-state index is 0.468. The maximum absolute atomic E-state index is 8.88. The highest BCUT2D eigenvalue weighted by atomic mass is 15.2. The number of nitrogens with one attached hydrogen (secondary N) is 1. The fourth-order valence-electron chi connectivity index (χ4n) is 3.70. The molecular formula is C21H27N5. The third kappa shape index (κ3) is 4.39. The molecule has 26 heavy (non-hydrogen) atoms. The Morgan fingerprint density at radius 1 is 1.08 bits per heavy atom. The molecule has 1 fully saturated rings. The zero-order valence-electron chi connectivity index (χ0n) is 15.7. The van der Waals surface area contributed by atoms with Gasteiger partial charge in [0.05, 0.1) is 17.3 Å². The van der Waals surface area contributed by atoms with Gasteiger partial charge in [-0.1, -0.05) is 26.0 Å². The Labute approximate surface area is 156 Å². The molecule has 0 amide bonds. The van der Waals surface area contributed by atoms with E-state index in [1.54, 1.807) is 12.1 Å². The van der Waals surface area contributed by atoms with Gasteiger partial charge in [-0.05, 0) is 49.9 Å². The zero-order valence-corrected chi connectivity index (χ0v) is 15.7. The average molecular weight is 349 g/mol. The van der Waals surface area contributed by atoms with Crippen LogP contribution in [0.2, 0.25) is 0 Å². The quantitative estimate of drug-likeness (QED) is 0.851. The summed E-state index contributed by atoms with van der Waals surface area (Å²) >= 11 is 0. The minimum absolute atomic E-state index is 0.468. The molecule has 1 aromatic carbocycles. The second kappa shape index (κ2) is 8.77. The largest absolute Gasteiger partial charge is 0.366 e. The molecule has 3 rings (SSSR count). The van der Waals surface area contributed by atoms with E-state index >= 15 is 0 Å². The predicted molar refractivity (Wildman–Crippen MR) is 105 cm³/mol. The van der Waals surface area contributed by atoms with Crippen LogP contribution < -0.4 is 5.32 Å². The van der Waals surface area contributed by atoms with E-state index in [1.807, 2.05) is 24.3 Å². The number of nitriles is 1. The molecule has 1 saturated heterocycles. The third-order valence-corrected chi connectivity index (χ3v) is 5.31. The lowest BCUT2D eigenvalue weighted by molar-refractivity contribution is 0.149. The summed E-state index contributed by atoms with van der Waals surface area (Å²) in [5.41, 5.74) is 2.45. The van der Waals surface area contributed by atoms with Crippen molar-refractivity contribution in [2.45, 2.75) is 51.6 Å². The highest BCUT2D eigenvalue weighted by Crippen LogP contribution is 2.21. The van der Waals surface area contributed by atoms with Crippen LogP contribution in [0.25, 0.3) is 11.3 Å². The van der Waals surface area contributed by atoms with E-state index in [0.717, 1.165) is 49.0 Å². The maximum Gasteiger partial charge on any atom is 0.148 e. The van der Waals surface area contributed by atoms with E-state index < -0.39 is 0 Å². The molecule has 1 aliphatic rings. The highest BCUT2D eigenvalue weighted by molar-refractivity contribution is 5.60. The van der Waals surface area contributed by atoms with Crippen LogP contribution in [0.1, 0.15) is 45.1 Å². The number of hydrogen-bond donors (Lipinski definition) is 1. The van der Waals surface area contributed by atoms with Crippen LogP contribution in [0.5, 0.6) is 0 Å². The van der Waals surface area contributed by atoms with Gasteiger partial charge in [0.15, 0.2) is 0 Å². The molecule has 5 nitrogen and oxygen atoms in total. The molecule has 0 radical (unpaired) electrons.